The molecule has 0 saturated heterocycles. The van der Waals surface area contributed by atoms with Crippen molar-refractivity contribution in [2.75, 3.05) is 12.3 Å². The minimum absolute atomic E-state index is 0.0121. The second-order valence-corrected chi connectivity index (χ2v) is 4.77. The number of thiol groups is 3. The summed E-state index contributed by atoms with van der Waals surface area (Å²) in [6.45, 7) is -0.388. The van der Waals surface area contributed by atoms with E-state index in [1.54, 1.807) is 0 Å². The molecule has 0 spiro atoms. The van der Waals surface area contributed by atoms with Crippen LogP contribution < -0.4 is 16.4 Å². The van der Waals surface area contributed by atoms with E-state index in [1.807, 2.05) is 0 Å². The van der Waals surface area contributed by atoms with Crippen molar-refractivity contribution in [2.45, 2.75) is 24.9 Å². The van der Waals surface area contributed by atoms with Crippen molar-refractivity contribution in [2.24, 2.45) is 5.73 Å². The van der Waals surface area contributed by atoms with Crippen LogP contribution in [0.25, 0.3) is 0 Å². The minimum atomic E-state index is -0.989. The van der Waals surface area contributed by atoms with Crippen LogP contribution >= 0.6 is 38.4 Å². The number of nitrogens with two attached hydrogens (primary N) is 1. The summed E-state index contributed by atoms with van der Waals surface area (Å²) < 4.78 is 8.19. The molecule has 0 aromatic rings. The van der Waals surface area contributed by atoms with Crippen molar-refractivity contribution in [1.29, 1.82) is 0 Å². The van der Waals surface area contributed by atoms with Crippen molar-refractivity contribution in [3.8, 4) is 0 Å². The maximum absolute atomic E-state index is 11.7. The van der Waals surface area contributed by atoms with Gasteiger partial charge in [-0.2, -0.15) is 12.6 Å². The first-order valence-corrected chi connectivity index (χ1v) is 7.35. The molecule has 126 valence electrons. The molecule has 2 amide bonds. The number of carbonyl (C=O) groups excluding carboxylic acids is 4. The molecule has 12 heteroatoms. The summed E-state index contributed by atoms with van der Waals surface area (Å²) in [4.78, 5) is 45.2. The molecule has 2 atom stereocenters. The Morgan fingerprint density at radius 1 is 1.14 bits per heavy atom. The summed E-state index contributed by atoms with van der Waals surface area (Å²) in [6, 6.07) is -1.94. The van der Waals surface area contributed by atoms with Crippen molar-refractivity contribution >= 4 is 62.2 Å². The Morgan fingerprint density at radius 2 is 1.77 bits per heavy atom. The maximum Gasteiger partial charge on any atom is 0.337 e. The molecule has 0 aliphatic rings. The Labute approximate surface area is 143 Å². The summed E-state index contributed by atoms with van der Waals surface area (Å²) in [5, 5.41) is 4.64. The van der Waals surface area contributed by atoms with E-state index in [0.717, 1.165) is 0 Å². The number of carbonyl (C=O) groups is 4. The Kier molecular flexibility index (Phi) is 10.9. The lowest BCUT2D eigenvalue weighted by Crippen LogP contribution is -2.49. The van der Waals surface area contributed by atoms with E-state index in [4.69, 9.17) is 5.73 Å². The molecule has 0 bridgehead atoms. The van der Waals surface area contributed by atoms with Crippen LogP contribution in [0, 0.1) is 0 Å². The zero-order valence-electron chi connectivity index (χ0n) is 11.4. The van der Waals surface area contributed by atoms with E-state index in [2.05, 4.69) is 57.4 Å². The molecular weight excluding hydrogens is 354 g/mol. The SMILES string of the molecule is NC(CCC(=O)NC(CS)C(=O)NCC(=O)OS)C(=O)OS. The lowest BCUT2D eigenvalue weighted by molar-refractivity contribution is -0.135. The van der Waals surface area contributed by atoms with Gasteiger partial charge < -0.3 is 24.7 Å². The number of rotatable bonds is 9. The first-order chi connectivity index (χ1) is 10.3. The number of nitrogens with one attached hydrogen (secondary N) is 2. The van der Waals surface area contributed by atoms with Gasteiger partial charge in [0, 0.05) is 38.0 Å². The Morgan fingerprint density at radius 3 is 2.27 bits per heavy atom. The van der Waals surface area contributed by atoms with Gasteiger partial charge in [0.1, 0.15) is 18.6 Å². The Bertz CT molecular complexity index is 423. The number of amides is 2. The fourth-order valence-corrected chi connectivity index (χ4v) is 1.70. The van der Waals surface area contributed by atoms with E-state index in [-0.39, 0.29) is 25.1 Å². The van der Waals surface area contributed by atoms with Gasteiger partial charge in [-0.25, -0.2) is 9.59 Å². The average molecular weight is 371 g/mol. The highest BCUT2D eigenvalue weighted by molar-refractivity contribution is 7.80. The molecule has 0 radical (unpaired) electrons. The molecule has 0 saturated carbocycles. The van der Waals surface area contributed by atoms with E-state index in [1.165, 1.54) is 0 Å². The predicted octanol–water partition coefficient (Wildman–Crippen LogP) is -1.60. The van der Waals surface area contributed by atoms with E-state index >= 15 is 0 Å². The van der Waals surface area contributed by atoms with Gasteiger partial charge in [-0.1, -0.05) is 0 Å². The summed E-state index contributed by atoms with van der Waals surface area (Å²) in [7, 11) is 0. The topological polar surface area (TPSA) is 137 Å². The summed E-state index contributed by atoms with van der Waals surface area (Å²) >= 11 is 10.5. The van der Waals surface area contributed by atoms with Crippen LogP contribution in [-0.4, -0.2) is 48.1 Å². The van der Waals surface area contributed by atoms with Gasteiger partial charge in [-0.3, -0.25) is 9.59 Å². The van der Waals surface area contributed by atoms with Crippen LogP contribution in [0.3, 0.4) is 0 Å². The third kappa shape index (κ3) is 8.36. The van der Waals surface area contributed by atoms with Crippen LogP contribution in [0.15, 0.2) is 0 Å². The second-order valence-electron chi connectivity index (χ2n) is 4.04. The molecule has 0 aliphatic heterocycles. The fourth-order valence-electron chi connectivity index (χ4n) is 1.25. The highest BCUT2D eigenvalue weighted by atomic mass is 32.1. The normalized spacial score (nSPS) is 12.7. The molecule has 0 heterocycles. The highest BCUT2D eigenvalue weighted by Crippen LogP contribution is 2.00. The summed E-state index contributed by atoms with van der Waals surface area (Å²) in [5.41, 5.74) is 5.44. The quantitative estimate of drug-likeness (QED) is 0.212. The van der Waals surface area contributed by atoms with Crippen LogP contribution in [0.5, 0.6) is 0 Å². The van der Waals surface area contributed by atoms with Crippen LogP contribution in [0.4, 0.5) is 0 Å². The lowest BCUT2D eigenvalue weighted by atomic mass is 10.1. The first-order valence-electron chi connectivity index (χ1n) is 5.98. The van der Waals surface area contributed by atoms with Crippen LogP contribution in [0.1, 0.15) is 12.8 Å². The molecule has 2 unspecified atom stereocenters. The second kappa shape index (κ2) is 11.5. The lowest BCUT2D eigenvalue weighted by Gasteiger charge is -2.16. The standard InChI is InChI=1S/C10H17N3O6S3/c11-5(10(17)19-22)1-2-7(14)13-6(4-20)9(16)12-3-8(15)18-21/h5-6,20-22H,1-4,11H2,(H,12,16)(H,13,14). The monoisotopic (exact) mass is 371 g/mol. The maximum atomic E-state index is 11.7. The van der Waals surface area contributed by atoms with Crippen molar-refractivity contribution in [3.63, 3.8) is 0 Å². The van der Waals surface area contributed by atoms with Gasteiger partial charge in [0.05, 0.1) is 0 Å². The molecule has 0 fully saturated rings. The van der Waals surface area contributed by atoms with E-state index in [9.17, 15) is 19.2 Å². The minimum Gasteiger partial charge on any atom is -0.393 e. The van der Waals surface area contributed by atoms with Crippen molar-refractivity contribution in [3.05, 3.63) is 0 Å². The van der Waals surface area contributed by atoms with Gasteiger partial charge >= 0.3 is 11.9 Å². The molecule has 0 rings (SSSR count). The third-order valence-corrected chi connectivity index (χ3v) is 3.17. The summed E-state index contributed by atoms with van der Waals surface area (Å²) in [5.74, 6) is -2.62. The average Bonchev–Trinajstić information content (AvgIpc) is 2.53. The summed E-state index contributed by atoms with van der Waals surface area (Å²) in [6.07, 6.45) is -0.0710. The highest BCUT2D eigenvalue weighted by Gasteiger charge is 2.21. The molecule has 0 aliphatic carbocycles. The third-order valence-electron chi connectivity index (χ3n) is 2.42. The van der Waals surface area contributed by atoms with Gasteiger partial charge in [-0.15, -0.1) is 0 Å². The van der Waals surface area contributed by atoms with Crippen LogP contribution in [0.2, 0.25) is 0 Å². The van der Waals surface area contributed by atoms with Gasteiger partial charge in [0.15, 0.2) is 0 Å². The smallest absolute Gasteiger partial charge is 0.337 e. The van der Waals surface area contributed by atoms with Gasteiger partial charge in [0.2, 0.25) is 11.8 Å². The van der Waals surface area contributed by atoms with Crippen molar-refractivity contribution in [1.82, 2.24) is 10.6 Å². The molecule has 0 aromatic heterocycles. The molecule has 22 heavy (non-hydrogen) atoms. The Hall–Kier alpha value is -1.11. The predicted molar refractivity (Wildman–Crippen MR) is 86.2 cm³/mol. The first kappa shape index (κ1) is 20.9. The molecule has 0 aromatic carbocycles. The zero-order valence-corrected chi connectivity index (χ0v) is 14.0. The molecule has 4 N–H and O–H groups in total. The van der Waals surface area contributed by atoms with Gasteiger partial charge in [0.25, 0.3) is 0 Å². The van der Waals surface area contributed by atoms with E-state index < -0.39 is 35.8 Å². The zero-order chi connectivity index (χ0) is 17.1. The van der Waals surface area contributed by atoms with Gasteiger partial charge in [-0.05, 0) is 6.42 Å². The molecular formula is C10H17N3O6S3. The van der Waals surface area contributed by atoms with Crippen LogP contribution in [-0.2, 0) is 27.5 Å². The fraction of sp³-hybridized carbons (Fsp3) is 0.600. The largest absolute Gasteiger partial charge is 0.393 e. The number of hydrogen-bond acceptors (Lipinski definition) is 10. The Balaban J connectivity index is 4.25. The number of hydrogen-bond donors (Lipinski definition) is 6. The molecule has 9 nitrogen and oxygen atoms in total. The van der Waals surface area contributed by atoms with E-state index in [0.29, 0.717) is 0 Å². The van der Waals surface area contributed by atoms with Crippen molar-refractivity contribution < 1.29 is 27.5 Å².